The van der Waals surface area contributed by atoms with Crippen molar-refractivity contribution in [2.24, 2.45) is 0 Å². The second-order valence-electron chi connectivity index (χ2n) is 6.19. The zero-order chi connectivity index (χ0) is 22.7. The molecule has 0 amide bonds. The van der Waals surface area contributed by atoms with E-state index in [-0.39, 0.29) is 35.0 Å². The van der Waals surface area contributed by atoms with Crippen LogP contribution in [-0.4, -0.2) is 41.4 Å². The molecule has 3 aromatic heterocycles. The molecular formula is C18H14F3N9OS. The first-order valence-electron chi connectivity index (χ1n) is 8.86. The molecule has 4 N–H and O–H groups in total. The van der Waals surface area contributed by atoms with Crippen molar-refractivity contribution in [2.45, 2.75) is 11.3 Å². The molecule has 14 heteroatoms. The summed E-state index contributed by atoms with van der Waals surface area (Å²) < 4.78 is 44.2. The summed E-state index contributed by atoms with van der Waals surface area (Å²) in [4.78, 5) is 19.3. The molecule has 164 valence electrons. The van der Waals surface area contributed by atoms with Crippen molar-refractivity contribution in [1.82, 2.24) is 35.1 Å². The average Bonchev–Trinajstić information content (AvgIpc) is 3.22. The zero-order valence-corrected chi connectivity index (χ0v) is 17.1. The van der Waals surface area contributed by atoms with E-state index in [0.29, 0.717) is 10.9 Å². The number of halogens is 3. The minimum Gasteiger partial charge on any atom is -0.436 e. The minimum atomic E-state index is -4.45. The maximum Gasteiger partial charge on any atom is 0.416 e. The van der Waals surface area contributed by atoms with E-state index in [9.17, 15) is 13.2 Å². The zero-order valence-electron chi connectivity index (χ0n) is 16.3. The van der Waals surface area contributed by atoms with Gasteiger partial charge in [0.25, 0.3) is 0 Å². The predicted octanol–water partition coefficient (Wildman–Crippen LogP) is 3.91. The van der Waals surface area contributed by atoms with Gasteiger partial charge in [-0.25, -0.2) is 15.0 Å². The topological polar surface area (TPSA) is 140 Å². The predicted molar refractivity (Wildman–Crippen MR) is 110 cm³/mol. The molecule has 0 fully saturated rings. The third-order valence-corrected chi connectivity index (χ3v) is 4.43. The summed E-state index contributed by atoms with van der Waals surface area (Å²) in [5, 5.41) is 10.9. The summed E-state index contributed by atoms with van der Waals surface area (Å²) in [6.45, 7) is 0. The number of rotatable bonds is 6. The van der Waals surface area contributed by atoms with E-state index >= 15 is 0 Å². The van der Waals surface area contributed by atoms with Crippen LogP contribution in [0.25, 0.3) is 11.6 Å². The van der Waals surface area contributed by atoms with Crippen molar-refractivity contribution < 1.29 is 17.9 Å². The first-order chi connectivity index (χ1) is 15.3. The van der Waals surface area contributed by atoms with Gasteiger partial charge in [-0.3, -0.25) is 0 Å². The van der Waals surface area contributed by atoms with Crippen molar-refractivity contribution in [2.75, 3.05) is 17.3 Å². The molecule has 4 aromatic rings. The molecule has 0 spiro atoms. The summed E-state index contributed by atoms with van der Waals surface area (Å²) in [5.41, 5.74) is 5.13. The molecule has 10 nitrogen and oxygen atoms in total. The fraction of sp³-hybridized carbons (Fsp3) is 0.111. The molecule has 0 aliphatic rings. The van der Waals surface area contributed by atoms with Crippen LogP contribution in [-0.2, 0) is 6.18 Å². The van der Waals surface area contributed by atoms with Gasteiger partial charge in [0.05, 0.1) is 18.0 Å². The lowest BCUT2D eigenvalue weighted by Crippen LogP contribution is -2.05. The molecule has 32 heavy (non-hydrogen) atoms. The number of alkyl halides is 3. The number of nitrogens with zero attached hydrogens (tertiary/aromatic N) is 6. The molecule has 4 rings (SSSR count). The van der Waals surface area contributed by atoms with Crippen LogP contribution in [0.2, 0.25) is 0 Å². The van der Waals surface area contributed by atoms with Crippen molar-refractivity contribution in [3.63, 3.8) is 0 Å². The van der Waals surface area contributed by atoms with Crippen molar-refractivity contribution >= 4 is 29.2 Å². The molecule has 0 aliphatic carbocycles. The Kier molecular flexibility index (Phi) is 5.77. The minimum absolute atomic E-state index is 0.129. The number of hydrogen-bond donors (Lipinski definition) is 3. The Bertz CT molecular complexity index is 1230. The fourth-order valence-electron chi connectivity index (χ4n) is 2.51. The van der Waals surface area contributed by atoms with Gasteiger partial charge in [-0.1, -0.05) is 17.8 Å². The van der Waals surface area contributed by atoms with Gasteiger partial charge >= 0.3 is 6.18 Å². The van der Waals surface area contributed by atoms with Gasteiger partial charge in [0.2, 0.25) is 17.7 Å². The number of nitrogens with one attached hydrogen (secondary N) is 2. The van der Waals surface area contributed by atoms with E-state index in [1.165, 1.54) is 42.4 Å². The van der Waals surface area contributed by atoms with Crippen LogP contribution in [0.3, 0.4) is 0 Å². The van der Waals surface area contributed by atoms with Gasteiger partial charge in [-0.15, -0.1) is 10.2 Å². The highest BCUT2D eigenvalue weighted by atomic mass is 32.2. The van der Waals surface area contributed by atoms with Gasteiger partial charge in [-0.2, -0.15) is 18.2 Å². The van der Waals surface area contributed by atoms with E-state index < -0.39 is 11.7 Å². The third kappa shape index (κ3) is 5.03. The Morgan fingerprint density at radius 1 is 1.09 bits per heavy atom. The number of thioether (sulfide) groups is 1. The molecule has 0 radical (unpaired) electrons. The molecule has 3 heterocycles. The van der Waals surface area contributed by atoms with Crippen LogP contribution in [0.4, 0.5) is 30.6 Å². The van der Waals surface area contributed by atoms with E-state index in [1.54, 1.807) is 0 Å². The van der Waals surface area contributed by atoms with Crippen LogP contribution in [0.1, 0.15) is 5.56 Å². The van der Waals surface area contributed by atoms with E-state index in [1.807, 2.05) is 6.26 Å². The highest BCUT2D eigenvalue weighted by Crippen LogP contribution is 2.31. The molecule has 0 saturated carbocycles. The van der Waals surface area contributed by atoms with Crippen LogP contribution in [0, 0.1) is 0 Å². The number of H-pyrrole nitrogens is 1. The highest BCUT2D eigenvalue weighted by Gasteiger charge is 2.30. The number of aromatic nitrogens is 7. The smallest absolute Gasteiger partial charge is 0.416 e. The maximum atomic E-state index is 12.9. The first kappa shape index (κ1) is 21.3. The Morgan fingerprint density at radius 3 is 2.59 bits per heavy atom. The van der Waals surface area contributed by atoms with Gasteiger partial charge < -0.3 is 20.8 Å². The molecule has 0 aliphatic heterocycles. The molecule has 1 aromatic carbocycles. The number of anilines is 3. The van der Waals surface area contributed by atoms with Gasteiger partial charge in [0.1, 0.15) is 5.82 Å². The van der Waals surface area contributed by atoms with Crippen molar-refractivity contribution in [1.29, 1.82) is 0 Å². The Morgan fingerprint density at radius 2 is 1.88 bits per heavy atom. The van der Waals surface area contributed by atoms with Gasteiger partial charge in [0.15, 0.2) is 16.7 Å². The van der Waals surface area contributed by atoms with E-state index in [2.05, 4.69) is 40.4 Å². The largest absolute Gasteiger partial charge is 0.436 e. The summed E-state index contributed by atoms with van der Waals surface area (Å²) >= 11 is 1.32. The summed E-state index contributed by atoms with van der Waals surface area (Å²) in [6.07, 6.45) is 0.171. The number of benzene rings is 1. The van der Waals surface area contributed by atoms with Gasteiger partial charge in [0, 0.05) is 11.8 Å². The summed E-state index contributed by atoms with van der Waals surface area (Å²) in [6, 6.07) is 6.18. The second kappa shape index (κ2) is 8.66. The Labute approximate surface area is 182 Å². The summed E-state index contributed by atoms with van der Waals surface area (Å²) in [5.74, 6) is 1.35. The lowest BCUT2D eigenvalue weighted by atomic mass is 10.2. The second-order valence-corrected chi connectivity index (χ2v) is 6.96. The number of nitrogen functional groups attached to an aromatic ring is 1. The quantitative estimate of drug-likeness (QED) is 0.286. The normalized spacial score (nSPS) is 11.4. The molecule has 0 atom stereocenters. The maximum absolute atomic E-state index is 12.9. The highest BCUT2D eigenvalue weighted by molar-refractivity contribution is 7.98. The average molecular weight is 461 g/mol. The van der Waals surface area contributed by atoms with Crippen molar-refractivity contribution in [3.05, 3.63) is 48.3 Å². The van der Waals surface area contributed by atoms with E-state index in [4.69, 9.17) is 10.5 Å². The van der Waals surface area contributed by atoms with Gasteiger partial charge in [-0.05, 0) is 24.5 Å². The molecule has 0 bridgehead atoms. The van der Waals surface area contributed by atoms with Crippen molar-refractivity contribution in [3.8, 4) is 23.3 Å². The van der Waals surface area contributed by atoms with Crippen LogP contribution < -0.4 is 15.8 Å². The molecule has 0 saturated heterocycles. The SMILES string of the molecule is CSc1nc(N)cc(Oc2cnc(-c3nnc(Nc4cccc(C(F)(F)F)c4)[nH]3)nc2)n1. The number of nitrogens with two attached hydrogens (primary N) is 1. The first-order valence-corrected chi connectivity index (χ1v) is 10.1. The number of aromatic amines is 1. The van der Waals surface area contributed by atoms with Crippen LogP contribution in [0.5, 0.6) is 11.6 Å². The number of hydrogen-bond acceptors (Lipinski definition) is 10. The lowest BCUT2D eigenvalue weighted by molar-refractivity contribution is -0.137. The standard InChI is InChI=1S/C18H14F3N9OS/c1-32-17-26-12(22)6-13(27-17)31-11-7-23-14(24-8-11)15-28-16(30-29-15)25-10-4-2-3-9(5-10)18(19,20)21/h2-8H,1H3,(H2,22,26,27)(H2,25,28,29,30). The molecule has 0 unspecified atom stereocenters. The Balaban J connectivity index is 1.46. The lowest BCUT2D eigenvalue weighted by Gasteiger charge is -2.08. The third-order valence-electron chi connectivity index (χ3n) is 3.89. The number of ether oxygens (including phenoxy) is 1. The van der Waals surface area contributed by atoms with Crippen LogP contribution >= 0.6 is 11.8 Å². The van der Waals surface area contributed by atoms with E-state index in [0.717, 1.165) is 12.1 Å². The fourth-order valence-corrected chi connectivity index (χ4v) is 2.88. The Hall–Kier alpha value is -3.94. The monoisotopic (exact) mass is 461 g/mol. The van der Waals surface area contributed by atoms with Crippen LogP contribution in [0.15, 0.2) is 47.9 Å². The summed E-state index contributed by atoms with van der Waals surface area (Å²) in [7, 11) is 0. The molecular weight excluding hydrogens is 447 g/mol.